The van der Waals surface area contributed by atoms with Crippen LogP contribution >= 0.6 is 46.6 Å². The van der Waals surface area contributed by atoms with Crippen LogP contribution in [0.4, 0.5) is 0 Å². The van der Waals surface area contributed by atoms with Crippen LogP contribution in [0.15, 0.2) is 41.0 Å². The lowest BCUT2D eigenvalue weighted by molar-refractivity contribution is -0.132. The van der Waals surface area contributed by atoms with Crippen molar-refractivity contribution < 1.29 is 23.5 Å². The molecule has 1 aromatic carbocycles. The van der Waals surface area contributed by atoms with Crippen molar-refractivity contribution in [2.75, 3.05) is 5.75 Å². The van der Waals surface area contributed by atoms with Crippen LogP contribution in [0.1, 0.15) is 52.2 Å². The van der Waals surface area contributed by atoms with Gasteiger partial charge in [-0.1, -0.05) is 68.4 Å². The first-order valence-corrected chi connectivity index (χ1v) is 14.4. The molecule has 0 spiro atoms. The number of benzene rings is 1. The normalized spacial score (nSPS) is 13.6. The predicted octanol–water partition coefficient (Wildman–Crippen LogP) is 6.24. The van der Waals surface area contributed by atoms with Crippen LogP contribution in [0.5, 0.6) is 5.75 Å². The second-order valence-electron chi connectivity index (χ2n) is 8.94. The minimum Gasteiger partial charge on any atom is -0.468 e. The van der Waals surface area contributed by atoms with Gasteiger partial charge in [0.05, 0.1) is 28.8 Å². The Morgan fingerprint density at radius 2 is 1.81 bits per heavy atom. The van der Waals surface area contributed by atoms with Gasteiger partial charge in [0.1, 0.15) is 17.6 Å². The number of ketones is 1. The van der Waals surface area contributed by atoms with Crippen molar-refractivity contribution in [2.45, 2.75) is 69.9 Å². The average Bonchev–Trinajstić information content (AvgIpc) is 3.36. The standard InChI is InChI=1S/C26H33Cl3N2O5S/c1-4-5-8-20(22(32)15-37-14-18-7-6-11-35-18)30-25(33)21(12-16(2)3)31-26(34)24(29)36-23-10-9-17(27)13-19(23)28/h6-7,9-11,13,16,20-21,24H,4-5,8,12,14-15H2,1-3H3,(H,30,33)(H,31,34)/t20-,21-,24?/m0/s1. The van der Waals surface area contributed by atoms with Crippen molar-refractivity contribution in [3.05, 3.63) is 52.4 Å². The van der Waals surface area contributed by atoms with Gasteiger partial charge >= 0.3 is 0 Å². The lowest BCUT2D eigenvalue weighted by Gasteiger charge is -2.25. The maximum atomic E-state index is 13.2. The number of hydrogen-bond acceptors (Lipinski definition) is 6. The van der Waals surface area contributed by atoms with Gasteiger partial charge in [-0.15, -0.1) is 11.8 Å². The van der Waals surface area contributed by atoms with E-state index < -0.39 is 29.5 Å². The van der Waals surface area contributed by atoms with Crippen LogP contribution in [-0.2, 0) is 20.1 Å². The van der Waals surface area contributed by atoms with E-state index >= 15 is 0 Å². The van der Waals surface area contributed by atoms with Gasteiger partial charge in [-0.25, -0.2) is 0 Å². The minimum absolute atomic E-state index is 0.0797. The van der Waals surface area contributed by atoms with Gasteiger partial charge in [-0.05, 0) is 49.1 Å². The summed E-state index contributed by atoms with van der Waals surface area (Å²) in [7, 11) is 0. The lowest BCUT2D eigenvalue weighted by atomic mass is 10.0. The molecule has 3 atom stereocenters. The molecule has 0 saturated heterocycles. The van der Waals surface area contributed by atoms with E-state index in [-0.39, 0.29) is 28.2 Å². The van der Waals surface area contributed by atoms with Crippen molar-refractivity contribution in [1.29, 1.82) is 0 Å². The van der Waals surface area contributed by atoms with Crippen LogP contribution in [-0.4, -0.2) is 41.0 Å². The third-order valence-corrected chi connectivity index (χ3v) is 7.09. The molecule has 1 aromatic heterocycles. The Morgan fingerprint density at radius 3 is 2.43 bits per heavy atom. The third kappa shape index (κ3) is 11.2. The van der Waals surface area contributed by atoms with Crippen molar-refractivity contribution in [1.82, 2.24) is 10.6 Å². The summed E-state index contributed by atoms with van der Waals surface area (Å²) in [5.41, 5.74) is -1.43. The Hall–Kier alpha value is -1.87. The molecule has 0 bridgehead atoms. The summed E-state index contributed by atoms with van der Waals surface area (Å²) in [6.07, 6.45) is 4.11. The average molecular weight is 592 g/mol. The first kappa shape index (κ1) is 31.3. The summed E-state index contributed by atoms with van der Waals surface area (Å²) in [6, 6.07) is 6.62. The van der Waals surface area contributed by atoms with E-state index in [9.17, 15) is 14.4 Å². The molecule has 7 nitrogen and oxygen atoms in total. The van der Waals surface area contributed by atoms with Gasteiger partial charge < -0.3 is 19.8 Å². The maximum absolute atomic E-state index is 13.2. The zero-order chi connectivity index (χ0) is 27.4. The smallest absolute Gasteiger partial charge is 0.277 e. The van der Waals surface area contributed by atoms with E-state index in [0.29, 0.717) is 23.6 Å². The maximum Gasteiger partial charge on any atom is 0.277 e. The molecule has 0 radical (unpaired) electrons. The van der Waals surface area contributed by atoms with Crippen LogP contribution in [0.25, 0.3) is 0 Å². The molecule has 11 heteroatoms. The number of nitrogens with one attached hydrogen (secondary N) is 2. The molecule has 37 heavy (non-hydrogen) atoms. The highest BCUT2D eigenvalue weighted by Gasteiger charge is 2.29. The Bertz CT molecular complexity index is 1020. The van der Waals surface area contributed by atoms with Gasteiger partial charge in [-0.2, -0.15) is 0 Å². The molecular formula is C26H33Cl3N2O5S. The van der Waals surface area contributed by atoms with Gasteiger partial charge in [-0.3, -0.25) is 14.4 Å². The number of carbonyl (C=O) groups excluding carboxylic acids is 3. The number of ether oxygens (including phenoxy) is 1. The third-order valence-electron chi connectivity index (χ3n) is 5.29. The van der Waals surface area contributed by atoms with Crippen molar-refractivity contribution in [2.24, 2.45) is 5.92 Å². The molecule has 1 unspecified atom stereocenters. The molecule has 2 amide bonds. The van der Waals surface area contributed by atoms with Crippen LogP contribution in [0.2, 0.25) is 10.0 Å². The lowest BCUT2D eigenvalue weighted by Crippen LogP contribution is -2.53. The summed E-state index contributed by atoms with van der Waals surface area (Å²) < 4.78 is 10.8. The number of halogens is 3. The number of rotatable bonds is 16. The zero-order valence-electron chi connectivity index (χ0n) is 21.1. The quantitative estimate of drug-likeness (QED) is 0.224. The van der Waals surface area contributed by atoms with Crippen LogP contribution in [0, 0.1) is 5.92 Å². The molecule has 2 aromatic rings. The SMILES string of the molecule is CCCC[C@H](NC(=O)[C@H](CC(C)C)NC(=O)C(Cl)Oc1ccc(Cl)cc1Cl)C(=O)CSCc1ccco1. The van der Waals surface area contributed by atoms with E-state index in [4.69, 9.17) is 44.0 Å². The molecule has 0 saturated carbocycles. The van der Waals surface area contributed by atoms with Gasteiger partial charge in [0.2, 0.25) is 11.5 Å². The summed E-state index contributed by atoms with van der Waals surface area (Å²) >= 11 is 19.6. The number of Topliss-reactive ketones (excluding diaryl/α,β-unsaturated/α-hetero) is 1. The number of amides is 2. The summed E-state index contributed by atoms with van der Waals surface area (Å²) in [5, 5.41) is 6.11. The van der Waals surface area contributed by atoms with E-state index in [1.165, 1.54) is 23.9 Å². The summed E-state index contributed by atoms with van der Waals surface area (Å²) in [4.78, 5) is 38.9. The van der Waals surface area contributed by atoms with Crippen LogP contribution in [0.3, 0.4) is 0 Å². The second-order valence-corrected chi connectivity index (χ2v) is 11.2. The number of alkyl halides is 1. The first-order valence-electron chi connectivity index (χ1n) is 12.1. The largest absolute Gasteiger partial charge is 0.468 e. The summed E-state index contributed by atoms with van der Waals surface area (Å²) in [6.45, 7) is 5.88. The van der Waals surface area contributed by atoms with E-state index in [2.05, 4.69) is 10.6 Å². The highest BCUT2D eigenvalue weighted by atomic mass is 35.5. The number of thioether (sulfide) groups is 1. The molecule has 2 N–H and O–H groups in total. The minimum atomic E-state index is -1.43. The molecule has 0 aliphatic carbocycles. The first-order chi connectivity index (χ1) is 17.6. The number of hydrogen-bond donors (Lipinski definition) is 2. The van der Waals surface area contributed by atoms with Crippen molar-refractivity contribution in [3.63, 3.8) is 0 Å². The van der Waals surface area contributed by atoms with E-state index in [1.54, 1.807) is 18.4 Å². The van der Waals surface area contributed by atoms with Crippen molar-refractivity contribution in [3.8, 4) is 5.75 Å². The topological polar surface area (TPSA) is 97.6 Å². The second kappa shape index (κ2) is 16.2. The molecule has 0 fully saturated rings. The van der Waals surface area contributed by atoms with E-state index in [1.807, 2.05) is 26.8 Å². The van der Waals surface area contributed by atoms with Gasteiger partial charge in [0.25, 0.3) is 5.91 Å². The fraction of sp³-hybridized carbons (Fsp3) is 0.500. The zero-order valence-corrected chi connectivity index (χ0v) is 24.2. The fourth-order valence-corrected chi connectivity index (χ4v) is 4.90. The number of furan rings is 1. The van der Waals surface area contributed by atoms with Crippen molar-refractivity contribution >= 4 is 64.2 Å². The molecule has 1 heterocycles. The van der Waals surface area contributed by atoms with Gasteiger partial charge in [0, 0.05) is 5.02 Å². The molecule has 204 valence electrons. The molecule has 0 aliphatic heterocycles. The highest BCUT2D eigenvalue weighted by molar-refractivity contribution is 7.99. The number of unbranched alkanes of at least 4 members (excludes halogenated alkanes) is 1. The fourth-order valence-electron chi connectivity index (χ4n) is 3.42. The Morgan fingerprint density at radius 1 is 1.08 bits per heavy atom. The Labute approximate surface area is 237 Å². The monoisotopic (exact) mass is 590 g/mol. The Kier molecular flexibility index (Phi) is 13.7. The number of carbonyl (C=O) groups is 3. The van der Waals surface area contributed by atoms with Gasteiger partial charge in [0.15, 0.2) is 5.78 Å². The van der Waals surface area contributed by atoms with E-state index in [0.717, 1.165) is 18.6 Å². The Balaban J connectivity index is 2.01. The van der Waals surface area contributed by atoms with Crippen LogP contribution < -0.4 is 15.4 Å². The molecule has 2 rings (SSSR count). The highest BCUT2D eigenvalue weighted by Crippen LogP contribution is 2.29. The predicted molar refractivity (Wildman–Crippen MR) is 149 cm³/mol. The molecule has 0 aliphatic rings. The summed E-state index contributed by atoms with van der Waals surface area (Å²) in [5.74, 6) is 0.630. The molecular weight excluding hydrogens is 559 g/mol.